The van der Waals surface area contributed by atoms with Crippen LogP contribution in [0.15, 0.2) is 22.7 Å². The number of phenols is 1. The first-order valence-corrected chi connectivity index (χ1v) is 6.24. The number of aromatic hydroxyl groups is 1. The van der Waals surface area contributed by atoms with E-state index in [1.807, 2.05) is 0 Å². The highest BCUT2D eigenvalue weighted by Crippen LogP contribution is 2.45. The Morgan fingerprint density at radius 1 is 1.39 bits per heavy atom. The van der Waals surface area contributed by atoms with Crippen LogP contribution in [-0.4, -0.2) is 28.6 Å². The number of hydrogen-bond donors (Lipinski definition) is 3. The fourth-order valence-electron chi connectivity index (χ4n) is 1.62. The van der Waals surface area contributed by atoms with E-state index in [0.29, 0.717) is 22.9 Å². The maximum atomic E-state index is 11.8. The lowest BCUT2D eigenvalue weighted by atomic mass is 10.1. The highest BCUT2D eigenvalue weighted by Gasteiger charge is 2.50. The van der Waals surface area contributed by atoms with Gasteiger partial charge in [-0.3, -0.25) is 9.59 Å². The van der Waals surface area contributed by atoms with Crippen LogP contribution in [0.25, 0.3) is 0 Å². The topological polar surface area (TPSA) is 86.6 Å². The summed E-state index contributed by atoms with van der Waals surface area (Å²) in [5.74, 6) is -1.28. The molecule has 2 rings (SSSR count). The number of carbonyl (C=O) groups excluding carboxylic acids is 1. The molecule has 96 valence electrons. The molecule has 3 N–H and O–H groups in total. The summed E-state index contributed by atoms with van der Waals surface area (Å²) in [6.07, 6.45) is 1.18. The largest absolute Gasteiger partial charge is 0.507 e. The first kappa shape index (κ1) is 12.9. The van der Waals surface area contributed by atoms with Gasteiger partial charge in [0.25, 0.3) is 5.91 Å². The van der Waals surface area contributed by atoms with Crippen molar-refractivity contribution in [3.05, 3.63) is 28.2 Å². The summed E-state index contributed by atoms with van der Waals surface area (Å²) in [6, 6.07) is 4.45. The second-order valence-electron chi connectivity index (χ2n) is 4.43. The summed E-state index contributed by atoms with van der Waals surface area (Å²) in [7, 11) is 0. The number of phenolic OH excluding ortho intramolecular Hbond substituents is 1. The number of carboxylic acids is 1. The summed E-state index contributed by atoms with van der Waals surface area (Å²) < 4.78 is 0.503. The van der Waals surface area contributed by atoms with Crippen LogP contribution in [0.3, 0.4) is 0 Å². The summed E-state index contributed by atoms with van der Waals surface area (Å²) >= 11 is 3.12. The average molecular weight is 314 g/mol. The van der Waals surface area contributed by atoms with E-state index in [0.717, 1.165) is 0 Å². The highest BCUT2D eigenvalue weighted by molar-refractivity contribution is 9.10. The second kappa shape index (κ2) is 4.61. The predicted molar refractivity (Wildman–Crippen MR) is 67.4 cm³/mol. The molecule has 6 heteroatoms. The molecule has 1 fully saturated rings. The van der Waals surface area contributed by atoms with E-state index < -0.39 is 11.4 Å². The Morgan fingerprint density at radius 2 is 2.06 bits per heavy atom. The van der Waals surface area contributed by atoms with Gasteiger partial charge in [0.1, 0.15) is 5.75 Å². The summed E-state index contributed by atoms with van der Waals surface area (Å²) in [5, 5.41) is 21.0. The van der Waals surface area contributed by atoms with Gasteiger partial charge in [-0.1, -0.05) is 0 Å². The molecule has 1 aromatic carbocycles. The molecular weight excluding hydrogens is 302 g/mol. The zero-order valence-corrected chi connectivity index (χ0v) is 11.0. The van der Waals surface area contributed by atoms with E-state index >= 15 is 0 Å². The maximum absolute atomic E-state index is 11.8. The van der Waals surface area contributed by atoms with Crippen molar-refractivity contribution >= 4 is 27.8 Å². The zero-order chi connectivity index (χ0) is 13.3. The smallest absolute Gasteiger partial charge is 0.311 e. The van der Waals surface area contributed by atoms with Crippen LogP contribution in [-0.2, 0) is 4.79 Å². The van der Waals surface area contributed by atoms with Crippen molar-refractivity contribution in [2.45, 2.75) is 12.8 Å². The van der Waals surface area contributed by atoms with Gasteiger partial charge in [0, 0.05) is 12.1 Å². The molecule has 0 spiro atoms. The normalized spacial score (nSPS) is 16.1. The lowest BCUT2D eigenvalue weighted by molar-refractivity contribution is -0.143. The number of aliphatic carboxylic acids is 1. The predicted octanol–water partition coefficient (Wildman–Crippen LogP) is 1.75. The highest BCUT2D eigenvalue weighted by atomic mass is 79.9. The van der Waals surface area contributed by atoms with Gasteiger partial charge in [0.05, 0.1) is 9.89 Å². The first-order chi connectivity index (χ1) is 8.44. The van der Waals surface area contributed by atoms with Gasteiger partial charge in [-0.25, -0.2) is 0 Å². The van der Waals surface area contributed by atoms with E-state index in [2.05, 4.69) is 21.2 Å². The molecule has 5 nitrogen and oxygen atoms in total. The number of rotatable bonds is 4. The van der Waals surface area contributed by atoms with Gasteiger partial charge < -0.3 is 15.5 Å². The third kappa shape index (κ3) is 2.48. The Labute approximate surface area is 112 Å². The summed E-state index contributed by atoms with van der Waals surface area (Å²) in [5.41, 5.74) is -0.482. The SMILES string of the molecule is O=C(NCC1(C(=O)O)CC1)c1ccc(Br)c(O)c1. The zero-order valence-electron chi connectivity index (χ0n) is 9.44. The molecule has 1 aromatic rings. The maximum Gasteiger partial charge on any atom is 0.311 e. The van der Waals surface area contributed by atoms with E-state index in [1.165, 1.54) is 6.07 Å². The fraction of sp³-hybridized carbons (Fsp3) is 0.333. The third-order valence-electron chi connectivity index (χ3n) is 3.10. The Bertz CT molecular complexity index is 511. The van der Waals surface area contributed by atoms with Crippen molar-refractivity contribution in [2.24, 2.45) is 5.41 Å². The molecule has 0 saturated heterocycles. The molecule has 0 unspecified atom stereocenters. The molecular formula is C12H12BrNO4. The Hall–Kier alpha value is -1.56. The van der Waals surface area contributed by atoms with Crippen LogP contribution in [0.2, 0.25) is 0 Å². The Morgan fingerprint density at radius 3 is 2.56 bits per heavy atom. The van der Waals surface area contributed by atoms with Crippen molar-refractivity contribution in [2.75, 3.05) is 6.54 Å². The first-order valence-electron chi connectivity index (χ1n) is 5.45. The van der Waals surface area contributed by atoms with Gasteiger partial charge in [0.15, 0.2) is 0 Å². The fourth-order valence-corrected chi connectivity index (χ4v) is 1.87. The Kier molecular flexibility index (Phi) is 3.30. The van der Waals surface area contributed by atoms with E-state index in [-0.39, 0.29) is 18.2 Å². The molecule has 18 heavy (non-hydrogen) atoms. The van der Waals surface area contributed by atoms with Crippen molar-refractivity contribution in [3.63, 3.8) is 0 Å². The molecule has 0 aromatic heterocycles. The minimum Gasteiger partial charge on any atom is -0.507 e. The van der Waals surface area contributed by atoms with E-state index in [1.54, 1.807) is 12.1 Å². The third-order valence-corrected chi connectivity index (χ3v) is 3.77. The summed E-state index contributed by atoms with van der Waals surface area (Å²) in [6.45, 7) is 0.123. The number of benzene rings is 1. The monoisotopic (exact) mass is 313 g/mol. The standard InChI is InChI=1S/C12H12BrNO4/c13-8-2-1-7(5-9(8)15)10(16)14-6-12(3-4-12)11(17)18/h1-2,5,15H,3-4,6H2,(H,14,16)(H,17,18). The van der Waals surface area contributed by atoms with E-state index in [9.17, 15) is 14.7 Å². The molecule has 1 aliphatic carbocycles. The van der Waals surface area contributed by atoms with Crippen molar-refractivity contribution < 1.29 is 19.8 Å². The quantitative estimate of drug-likeness (QED) is 0.790. The number of halogens is 1. The number of hydrogen-bond acceptors (Lipinski definition) is 3. The van der Waals surface area contributed by atoms with E-state index in [4.69, 9.17) is 5.11 Å². The van der Waals surface area contributed by atoms with Crippen molar-refractivity contribution in [1.82, 2.24) is 5.32 Å². The molecule has 0 bridgehead atoms. The van der Waals surface area contributed by atoms with Gasteiger partial charge in [-0.2, -0.15) is 0 Å². The van der Waals surface area contributed by atoms with Gasteiger partial charge in [-0.15, -0.1) is 0 Å². The minimum absolute atomic E-state index is 0.0259. The number of nitrogens with one attached hydrogen (secondary N) is 1. The molecule has 1 saturated carbocycles. The van der Waals surface area contributed by atoms with Gasteiger partial charge in [-0.05, 0) is 47.0 Å². The number of carboxylic acid groups (broad SMARTS) is 1. The number of amides is 1. The van der Waals surface area contributed by atoms with Crippen LogP contribution in [0.5, 0.6) is 5.75 Å². The van der Waals surface area contributed by atoms with Crippen LogP contribution < -0.4 is 5.32 Å². The summed E-state index contributed by atoms with van der Waals surface area (Å²) in [4.78, 5) is 22.7. The molecule has 0 atom stereocenters. The Balaban J connectivity index is 2.00. The van der Waals surface area contributed by atoms with Crippen LogP contribution >= 0.6 is 15.9 Å². The van der Waals surface area contributed by atoms with Crippen LogP contribution in [0, 0.1) is 5.41 Å². The van der Waals surface area contributed by atoms with Crippen LogP contribution in [0.4, 0.5) is 0 Å². The average Bonchev–Trinajstić information content (AvgIpc) is 3.11. The number of carbonyl (C=O) groups is 2. The molecule has 1 aliphatic rings. The van der Waals surface area contributed by atoms with Crippen LogP contribution in [0.1, 0.15) is 23.2 Å². The van der Waals surface area contributed by atoms with Crippen molar-refractivity contribution in [1.29, 1.82) is 0 Å². The molecule has 1 amide bonds. The lowest BCUT2D eigenvalue weighted by Gasteiger charge is -2.11. The lowest BCUT2D eigenvalue weighted by Crippen LogP contribution is -2.34. The van der Waals surface area contributed by atoms with Crippen molar-refractivity contribution in [3.8, 4) is 5.75 Å². The molecule has 0 radical (unpaired) electrons. The second-order valence-corrected chi connectivity index (χ2v) is 5.29. The van der Waals surface area contributed by atoms with Gasteiger partial charge in [0.2, 0.25) is 0 Å². The van der Waals surface area contributed by atoms with Gasteiger partial charge >= 0.3 is 5.97 Å². The minimum atomic E-state index is -0.874. The molecule has 0 aliphatic heterocycles. The molecule has 0 heterocycles.